The van der Waals surface area contributed by atoms with Crippen LogP contribution in [-0.2, 0) is 11.6 Å². The van der Waals surface area contributed by atoms with E-state index < -0.39 is 0 Å². The van der Waals surface area contributed by atoms with Crippen LogP contribution in [0.1, 0.15) is 11.1 Å². The van der Waals surface area contributed by atoms with Gasteiger partial charge in [-0.1, -0.05) is 36.4 Å². The van der Waals surface area contributed by atoms with Crippen LogP contribution in [0.2, 0.25) is 0 Å². The van der Waals surface area contributed by atoms with E-state index in [0.29, 0.717) is 5.88 Å². The van der Waals surface area contributed by atoms with Gasteiger partial charge in [-0.2, -0.15) is 0 Å². The summed E-state index contributed by atoms with van der Waals surface area (Å²) in [5, 5.41) is 1.20. The summed E-state index contributed by atoms with van der Waals surface area (Å²) in [6.07, 6.45) is 1.85. The molecule has 1 heterocycles. The predicted octanol–water partition coefficient (Wildman–Crippen LogP) is 5.27. The van der Waals surface area contributed by atoms with Crippen LogP contribution in [0.4, 0.5) is 0 Å². The molecule has 3 rings (SSSR count). The van der Waals surface area contributed by atoms with Gasteiger partial charge in [-0.05, 0) is 29.3 Å². The second kappa shape index (κ2) is 6.29. The fraction of sp³-hybridized carbons (Fsp3) is 0.118. The van der Waals surface area contributed by atoms with Crippen molar-refractivity contribution in [2.24, 2.45) is 0 Å². The van der Waals surface area contributed by atoms with E-state index in [2.05, 4.69) is 53.5 Å². The fourth-order valence-corrected chi connectivity index (χ4v) is 3.18. The second-order valence-electron chi connectivity index (χ2n) is 4.56. The number of para-hydroxylation sites is 1. The molecule has 3 heteroatoms. The first-order valence-corrected chi connectivity index (χ1v) is 7.99. The highest BCUT2D eigenvalue weighted by molar-refractivity contribution is 7.98. The molecule has 0 radical (unpaired) electrons. The highest BCUT2D eigenvalue weighted by Gasteiger charge is 2.03. The van der Waals surface area contributed by atoms with Gasteiger partial charge in [-0.15, -0.1) is 23.4 Å². The molecular weight excluding hydrogens is 286 g/mol. The Morgan fingerprint density at radius 1 is 0.950 bits per heavy atom. The van der Waals surface area contributed by atoms with Gasteiger partial charge in [0.1, 0.15) is 0 Å². The van der Waals surface area contributed by atoms with Crippen LogP contribution in [0.5, 0.6) is 0 Å². The van der Waals surface area contributed by atoms with Gasteiger partial charge in [0, 0.05) is 28.1 Å². The van der Waals surface area contributed by atoms with Crippen LogP contribution in [0.25, 0.3) is 10.9 Å². The molecule has 0 N–H and O–H groups in total. The summed E-state index contributed by atoms with van der Waals surface area (Å²) < 4.78 is 0. The maximum atomic E-state index is 5.80. The summed E-state index contributed by atoms with van der Waals surface area (Å²) in [4.78, 5) is 5.75. The van der Waals surface area contributed by atoms with E-state index in [1.165, 1.54) is 15.8 Å². The lowest BCUT2D eigenvalue weighted by Crippen LogP contribution is -1.87. The van der Waals surface area contributed by atoms with Crippen molar-refractivity contribution in [1.29, 1.82) is 0 Å². The van der Waals surface area contributed by atoms with Crippen LogP contribution in [0, 0.1) is 0 Å². The standard InChI is InChI=1S/C17H14ClNS/c18-11-13-6-8-16(9-7-13)20-12-15-4-1-3-14-5-2-10-19-17(14)15/h1-10H,11-12H2. The van der Waals surface area contributed by atoms with Gasteiger partial charge in [-0.3, -0.25) is 4.98 Å². The molecule has 0 saturated carbocycles. The van der Waals surface area contributed by atoms with Crippen molar-refractivity contribution < 1.29 is 0 Å². The summed E-state index contributed by atoms with van der Waals surface area (Å²) in [7, 11) is 0. The number of aromatic nitrogens is 1. The topological polar surface area (TPSA) is 12.9 Å². The number of pyridine rings is 1. The third kappa shape index (κ3) is 2.97. The number of fused-ring (bicyclic) bond motifs is 1. The predicted molar refractivity (Wildman–Crippen MR) is 87.3 cm³/mol. The van der Waals surface area contributed by atoms with E-state index in [-0.39, 0.29) is 0 Å². The Labute approximate surface area is 128 Å². The lowest BCUT2D eigenvalue weighted by Gasteiger charge is -2.06. The Kier molecular flexibility index (Phi) is 4.24. The van der Waals surface area contributed by atoms with E-state index in [4.69, 9.17) is 11.6 Å². The maximum absolute atomic E-state index is 5.80. The molecule has 0 aliphatic heterocycles. The molecular formula is C17H14ClNS. The van der Waals surface area contributed by atoms with Crippen LogP contribution in [-0.4, -0.2) is 4.98 Å². The molecule has 3 aromatic rings. The Morgan fingerprint density at radius 2 is 1.75 bits per heavy atom. The van der Waals surface area contributed by atoms with E-state index in [1.807, 2.05) is 24.0 Å². The summed E-state index contributed by atoms with van der Waals surface area (Å²) in [6, 6.07) is 18.8. The van der Waals surface area contributed by atoms with E-state index in [0.717, 1.165) is 16.8 Å². The molecule has 1 aromatic heterocycles. The summed E-state index contributed by atoms with van der Waals surface area (Å²) in [5.41, 5.74) is 3.53. The zero-order chi connectivity index (χ0) is 13.8. The Morgan fingerprint density at radius 3 is 2.55 bits per heavy atom. The number of halogens is 1. The third-order valence-electron chi connectivity index (χ3n) is 3.19. The van der Waals surface area contributed by atoms with Crippen LogP contribution < -0.4 is 0 Å². The average molecular weight is 300 g/mol. The van der Waals surface area contributed by atoms with Crippen LogP contribution in [0.15, 0.2) is 65.7 Å². The zero-order valence-corrected chi connectivity index (χ0v) is 12.5. The molecule has 0 aliphatic carbocycles. The number of hydrogen-bond donors (Lipinski definition) is 0. The van der Waals surface area contributed by atoms with E-state index in [9.17, 15) is 0 Å². The normalized spacial score (nSPS) is 10.8. The second-order valence-corrected chi connectivity index (χ2v) is 5.87. The van der Waals surface area contributed by atoms with Gasteiger partial charge in [0.25, 0.3) is 0 Å². The van der Waals surface area contributed by atoms with Gasteiger partial charge in [0.15, 0.2) is 0 Å². The van der Waals surface area contributed by atoms with E-state index >= 15 is 0 Å². The first-order valence-electron chi connectivity index (χ1n) is 6.47. The van der Waals surface area contributed by atoms with Crippen molar-refractivity contribution in [2.75, 3.05) is 0 Å². The Bertz CT molecular complexity index is 704. The lowest BCUT2D eigenvalue weighted by molar-refractivity contribution is 1.32. The smallest absolute Gasteiger partial charge is 0.0742 e. The zero-order valence-electron chi connectivity index (χ0n) is 10.9. The van der Waals surface area contributed by atoms with Gasteiger partial charge in [-0.25, -0.2) is 0 Å². The first-order chi connectivity index (χ1) is 9.86. The number of hydrogen-bond acceptors (Lipinski definition) is 2. The Hall–Kier alpha value is -1.51. The minimum Gasteiger partial charge on any atom is -0.256 e. The molecule has 0 spiro atoms. The molecule has 2 aromatic carbocycles. The minimum atomic E-state index is 0.568. The third-order valence-corrected chi connectivity index (χ3v) is 4.56. The first kappa shape index (κ1) is 13.5. The van der Waals surface area contributed by atoms with Crippen molar-refractivity contribution in [3.8, 4) is 0 Å². The van der Waals surface area contributed by atoms with Crippen molar-refractivity contribution in [1.82, 2.24) is 4.98 Å². The number of nitrogens with zero attached hydrogens (tertiary/aromatic N) is 1. The largest absolute Gasteiger partial charge is 0.256 e. The number of thioether (sulfide) groups is 1. The van der Waals surface area contributed by atoms with Crippen molar-refractivity contribution in [2.45, 2.75) is 16.5 Å². The SMILES string of the molecule is ClCc1ccc(SCc2cccc3cccnc23)cc1. The molecule has 0 bridgehead atoms. The average Bonchev–Trinajstić information content (AvgIpc) is 2.53. The van der Waals surface area contributed by atoms with Crippen molar-refractivity contribution >= 4 is 34.3 Å². The molecule has 100 valence electrons. The van der Waals surface area contributed by atoms with Gasteiger partial charge in [0.2, 0.25) is 0 Å². The number of benzene rings is 2. The lowest BCUT2D eigenvalue weighted by atomic mass is 10.1. The molecule has 0 atom stereocenters. The maximum Gasteiger partial charge on any atom is 0.0742 e. The van der Waals surface area contributed by atoms with Crippen LogP contribution in [0.3, 0.4) is 0 Å². The number of alkyl halides is 1. The molecule has 0 aliphatic rings. The molecule has 0 unspecified atom stereocenters. The Balaban J connectivity index is 1.79. The molecule has 0 fully saturated rings. The summed E-state index contributed by atoms with van der Waals surface area (Å²) in [6.45, 7) is 0. The van der Waals surface area contributed by atoms with Crippen LogP contribution >= 0.6 is 23.4 Å². The minimum absolute atomic E-state index is 0.568. The van der Waals surface area contributed by atoms with Gasteiger partial charge >= 0.3 is 0 Å². The number of rotatable bonds is 4. The fourth-order valence-electron chi connectivity index (χ4n) is 2.12. The summed E-state index contributed by atoms with van der Waals surface area (Å²) in [5.74, 6) is 1.49. The molecule has 1 nitrogen and oxygen atoms in total. The highest BCUT2D eigenvalue weighted by atomic mass is 35.5. The van der Waals surface area contributed by atoms with Gasteiger partial charge in [0.05, 0.1) is 5.52 Å². The summed E-state index contributed by atoms with van der Waals surface area (Å²) >= 11 is 7.63. The molecule has 20 heavy (non-hydrogen) atoms. The molecule has 0 saturated heterocycles. The van der Waals surface area contributed by atoms with Gasteiger partial charge < -0.3 is 0 Å². The quantitative estimate of drug-likeness (QED) is 0.481. The van der Waals surface area contributed by atoms with E-state index in [1.54, 1.807) is 0 Å². The molecule has 0 amide bonds. The van der Waals surface area contributed by atoms with Crippen molar-refractivity contribution in [3.63, 3.8) is 0 Å². The van der Waals surface area contributed by atoms with Crippen molar-refractivity contribution in [3.05, 3.63) is 71.9 Å². The highest BCUT2D eigenvalue weighted by Crippen LogP contribution is 2.26. The monoisotopic (exact) mass is 299 g/mol.